The molecule has 110 valence electrons. The van der Waals surface area contributed by atoms with Crippen molar-refractivity contribution < 1.29 is 34.5 Å². The quantitative estimate of drug-likeness (QED) is 0.304. The topological polar surface area (TPSA) is 167 Å². The number of hydrogen-bond acceptors (Lipinski definition) is 5. The Morgan fingerprint density at radius 1 is 0.950 bits per heavy atom. The van der Waals surface area contributed by atoms with E-state index in [1.54, 1.807) is 0 Å². The fraction of sp³-hybridized carbons (Fsp3) is 0.600. The summed E-state index contributed by atoms with van der Waals surface area (Å²) in [5, 5.41) is 27.7. The van der Waals surface area contributed by atoms with Gasteiger partial charge in [0.05, 0.1) is 6.04 Å². The molecule has 9 nitrogen and oxygen atoms in total. The summed E-state index contributed by atoms with van der Waals surface area (Å²) in [6.07, 6.45) is -1.14. The van der Waals surface area contributed by atoms with Crippen LogP contribution in [0.4, 0.5) is 0 Å². The summed E-state index contributed by atoms with van der Waals surface area (Å²) < 4.78 is 0. The number of aliphatic carboxylic acids is 3. The number of rotatable bonds is 9. The summed E-state index contributed by atoms with van der Waals surface area (Å²) in [5.74, 6) is -4.50. The standard InChI is InChI=1S/C10H16N2O7.Na.H/c11-5(1-3-7(13)14)9(17)12-6(10(18)19)2-4-8(15)16;;/h5-6H,1-4,11H2,(H,12,17)(H,13,14)(H,15,16)(H,18,19);;. The Balaban J connectivity index is 0. The average molecular weight is 300 g/mol. The van der Waals surface area contributed by atoms with E-state index < -0.39 is 42.3 Å². The van der Waals surface area contributed by atoms with Crippen molar-refractivity contribution in [3.8, 4) is 0 Å². The molecule has 1 amide bonds. The van der Waals surface area contributed by atoms with Gasteiger partial charge in [-0.3, -0.25) is 14.4 Å². The van der Waals surface area contributed by atoms with E-state index in [0.29, 0.717) is 0 Å². The fourth-order valence-electron chi connectivity index (χ4n) is 1.21. The Morgan fingerprint density at radius 2 is 1.40 bits per heavy atom. The van der Waals surface area contributed by atoms with E-state index in [1.807, 2.05) is 0 Å². The van der Waals surface area contributed by atoms with Crippen molar-refractivity contribution in [2.24, 2.45) is 5.73 Å². The van der Waals surface area contributed by atoms with Gasteiger partial charge in [0.25, 0.3) is 0 Å². The Hall–Kier alpha value is -1.16. The van der Waals surface area contributed by atoms with Crippen molar-refractivity contribution in [1.29, 1.82) is 0 Å². The van der Waals surface area contributed by atoms with Gasteiger partial charge in [-0.15, -0.1) is 0 Å². The first kappa shape index (κ1) is 21.1. The molecule has 0 saturated carbocycles. The van der Waals surface area contributed by atoms with Gasteiger partial charge in [-0.25, -0.2) is 4.79 Å². The number of carbonyl (C=O) groups excluding carboxylic acids is 1. The van der Waals surface area contributed by atoms with E-state index in [0.717, 1.165) is 0 Å². The third-order valence-corrected chi connectivity index (χ3v) is 2.27. The molecule has 0 radical (unpaired) electrons. The van der Waals surface area contributed by atoms with Crippen LogP contribution in [0.1, 0.15) is 25.7 Å². The van der Waals surface area contributed by atoms with Gasteiger partial charge in [-0.1, -0.05) is 0 Å². The number of hydrogen-bond donors (Lipinski definition) is 5. The van der Waals surface area contributed by atoms with Crippen LogP contribution >= 0.6 is 0 Å². The Bertz CT molecular complexity index is 375. The first-order chi connectivity index (χ1) is 8.73. The molecule has 0 aliphatic rings. The summed E-state index contributed by atoms with van der Waals surface area (Å²) in [6, 6.07) is -2.51. The molecule has 2 atom stereocenters. The fourth-order valence-corrected chi connectivity index (χ4v) is 1.21. The molecule has 0 aliphatic heterocycles. The van der Waals surface area contributed by atoms with Crippen molar-refractivity contribution in [1.82, 2.24) is 5.32 Å². The number of carboxylic acids is 3. The summed E-state index contributed by atoms with van der Waals surface area (Å²) >= 11 is 0. The number of amides is 1. The normalized spacial score (nSPS) is 12.7. The number of carbonyl (C=O) groups is 4. The van der Waals surface area contributed by atoms with E-state index >= 15 is 0 Å². The second-order valence-electron chi connectivity index (χ2n) is 3.87. The summed E-state index contributed by atoms with van der Waals surface area (Å²) in [7, 11) is 0. The molecule has 0 aromatic carbocycles. The predicted octanol–water partition coefficient (Wildman–Crippen LogP) is -2.04. The van der Waals surface area contributed by atoms with Crippen LogP contribution in [-0.4, -0.2) is 80.8 Å². The van der Waals surface area contributed by atoms with E-state index in [2.05, 4.69) is 5.32 Å². The Kier molecular flexibility index (Phi) is 11.2. The van der Waals surface area contributed by atoms with Crippen LogP contribution < -0.4 is 11.1 Å². The van der Waals surface area contributed by atoms with E-state index in [1.165, 1.54) is 0 Å². The molecule has 0 rings (SSSR count). The molecule has 6 N–H and O–H groups in total. The molecule has 0 bridgehead atoms. The third-order valence-electron chi connectivity index (χ3n) is 2.27. The maximum atomic E-state index is 11.5. The maximum absolute atomic E-state index is 11.5. The van der Waals surface area contributed by atoms with Crippen molar-refractivity contribution >= 4 is 53.4 Å². The molecule has 20 heavy (non-hydrogen) atoms. The van der Waals surface area contributed by atoms with Crippen LogP contribution in [0.2, 0.25) is 0 Å². The molecular weight excluding hydrogens is 283 g/mol. The van der Waals surface area contributed by atoms with Crippen molar-refractivity contribution in [2.75, 3.05) is 0 Å². The van der Waals surface area contributed by atoms with Gasteiger partial charge < -0.3 is 26.4 Å². The Labute approximate surface area is 136 Å². The van der Waals surface area contributed by atoms with Crippen molar-refractivity contribution in [3.05, 3.63) is 0 Å². The summed E-state index contributed by atoms with van der Waals surface area (Å²) in [4.78, 5) is 42.9. The Morgan fingerprint density at radius 3 is 1.80 bits per heavy atom. The number of nitrogens with two attached hydrogens (primary N) is 1. The zero-order valence-corrected chi connectivity index (χ0v) is 10.0. The molecular formula is C10H17N2NaO7. The minimum atomic E-state index is -1.37. The molecule has 2 unspecified atom stereocenters. The molecule has 0 fully saturated rings. The molecule has 0 saturated heterocycles. The van der Waals surface area contributed by atoms with Crippen LogP contribution in [0.3, 0.4) is 0 Å². The van der Waals surface area contributed by atoms with Gasteiger partial charge in [0, 0.05) is 12.8 Å². The van der Waals surface area contributed by atoms with Crippen LogP contribution in [0.15, 0.2) is 0 Å². The van der Waals surface area contributed by atoms with Crippen LogP contribution in [0, 0.1) is 0 Å². The van der Waals surface area contributed by atoms with E-state index in [4.69, 9.17) is 21.1 Å². The zero-order valence-electron chi connectivity index (χ0n) is 10.0. The third kappa shape index (κ3) is 9.73. The molecule has 10 heteroatoms. The van der Waals surface area contributed by atoms with Gasteiger partial charge >= 0.3 is 47.5 Å². The molecule has 0 aromatic heterocycles. The van der Waals surface area contributed by atoms with Gasteiger partial charge in [-0.05, 0) is 12.8 Å². The number of nitrogens with one attached hydrogen (secondary N) is 1. The second kappa shape index (κ2) is 10.6. The van der Waals surface area contributed by atoms with Crippen LogP contribution in [-0.2, 0) is 19.2 Å². The van der Waals surface area contributed by atoms with Gasteiger partial charge in [-0.2, -0.15) is 0 Å². The monoisotopic (exact) mass is 300 g/mol. The van der Waals surface area contributed by atoms with Crippen LogP contribution in [0.5, 0.6) is 0 Å². The van der Waals surface area contributed by atoms with Gasteiger partial charge in [0.1, 0.15) is 6.04 Å². The predicted molar refractivity (Wildman–Crippen MR) is 68.4 cm³/mol. The van der Waals surface area contributed by atoms with E-state index in [9.17, 15) is 19.2 Å². The molecule has 0 aromatic rings. The second-order valence-corrected chi connectivity index (χ2v) is 3.87. The van der Waals surface area contributed by atoms with Crippen molar-refractivity contribution in [3.63, 3.8) is 0 Å². The van der Waals surface area contributed by atoms with E-state index in [-0.39, 0.29) is 48.8 Å². The van der Waals surface area contributed by atoms with Gasteiger partial charge in [0.2, 0.25) is 5.91 Å². The summed E-state index contributed by atoms with van der Waals surface area (Å²) in [5.41, 5.74) is 5.39. The molecule has 0 spiro atoms. The minimum absolute atomic E-state index is 0. The van der Waals surface area contributed by atoms with Crippen molar-refractivity contribution in [2.45, 2.75) is 37.8 Å². The molecule has 0 aliphatic carbocycles. The summed E-state index contributed by atoms with van der Waals surface area (Å²) in [6.45, 7) is 0. The zero-order chi connectivity index (χ0) is 15.0. The molecule has 0 heterocycles. The SMILES string of the molecule is NC(CCC(=O)O)C(=O)NC(CCC(=O)O)C(=O)O.[NaH]. The van der Waals surface area contributed by atoms with Crippen LogP contribution in [0.25, 0.3) is 0 Å². The average Bonchev–Trinajstić information content (AvgIpc) is 2.30. The first-order valence-electron chi connectivity index (χ1n) is 5.46. The first-order valence-corrected chi connectivity index (χ1v) is 5.46. The van der Waals surface area contributed by atoms with Gasteiger partial charge in [0.15, 0.2) is 0 Å². The number of carboxylic acid groups (broad SMARTS) is 3.